The van der Waals surface area contributed by atoms with E-state index in [-0.39, 0.29) is 31.5 Å². The minimum Gasteiger partial charge on any atom is -0.387 e. The van der Waals surface area contributed by atoms with E-state index >= 15 is 0 Å². The molecule has 2 saturated heterocycles. The van der Waals surface area contributed by atoms with E-state index in [4.69, 9.17) is 36.2 Å². The van der Waals surface area contributed by atoms with Crippen molar-refractivity contribution in [1.29, 1.82) is 5.26 Å². The van der Waals surface area contributed by atoms with Gasteiger partial charge in [0.1, 0.15) is 39.3 Å². The molecular formula is C20H35BN2O7P2. The number of fused-ring (bicyclic) bond motifs is 2. The molecule has 2 aliphatic rings. The average Bonchev–Trinajstić information content (AvgIpc) is 2.87. The molecule has 0 aliphatic carbocycles. The predicted octanol–water partition coefficient (Wildman–Crippen LogP) is 3.48. The van der Waals surface area contributed by atoms with E-state index in [0.717, 1.165) is 0 Å². The van der Waals surface area contributed by atoms with Crippen molar-refractivity contribution in [1.82, 2.24) is 4.67 Å². The Bertz CT molecular complexity index is 749. The molecule has 2 radical (unpaired) electrons. The molecule has 2 heterocycles. The fourth-order valence-corrected chi connectivity index (χ4v) is 7.76. The summed E-state index contributed by atoms with van der Waals surface area (Å²) in [6.45, 7) is 10.5. The quantitative estimate of drug-likeness (QED) is 0.266. The van der Waals surface area contributed by atoms with Crippen molar-refractivity contribution in [3.8, 4) is 6.07 Å². The minimum absolute atomic E-state index is 0.136. The molecule has 0 aromatic rings. The zero-order valence-electron chi connectivity index (χ0n) is 19.9. The summed E-state index contributed by atoms with van der Waals surface area (Å²) in [5.74, 6) is 1.29. The first-order chi connectivity index (χ1) is 14.9. The van der Waals surface area contributed by atoms with Crippen LogP contribution in [0.3, 0.4) is 0 Å². The van der Waals surface area contributed by atoms with Crippen LogP contribution in [0.15, 0.2) is 11.9 Å². The van der Waals surface area contributed by atoms with E-state index in [9.17, 15) is 9.67 Å². The molecule has 32 heavy (non-hydrogen) atoms. The van der Waals surface area contributed by atoms with Crippen LogP contribution >= 0.6 is 15.9 Å². The van der Waals surface area contributed by atoms with Crippen LogP contribution in [0, 0.1) is 11.3 Å². The molecule has 2 fully saturated rings. The fourth-order valence-electron chi connectivity index (χ4n) is 4.34. The highest BCUT2D eigenvalue weighted by atomic mass is 31.2. The molecule has 0 aromatic carbocycles. The lowest BCUT2D eigenvalue weighted by Crippen LogP contribution is -2.57. The largest absolute Gasteiger partial charge is 0.387 e. The third-order valence-electron chi connectivity index (χ3n) is 5.63. The lowest BCUT2D eigenvalue weighted by molar-refractivity contribution is -0.145. The molecule has 0 aromatic heterocycles. The van der Waals surface area contributed by atoms with Crippen molar-refractivity contribution in [3.05, 3.63) is 11.9 Å². The molecule has 1 N–H and O–H groups in total. The summed E-state index contributed by atoms with van der Waals surface area (Å²) in [7, 11) is 3.85. The smallest absolute Gasteiger partial charge is 0.353 e. The van der Waals surface area contributed by atoms with Gasteiger partial charge in [0.05, 0.1) is 19.1 Å². The molecule has 0 spiro atoms. The van der Waals surface area contributed by atoms with Gasteiger partial charge < -0.3 is 28.2 Å². The minimum atomic E-state index is -3.49. The third-order valence-corrected chi connectivity index (χ3v) is 10.0. The number of ether oxygens (including phenoxy) is 2. The van der Waals surface area contributed by atoms with Crippen molar-refractivity contribution < 1.29 is 32.7 Å². The van der Waals surface area contributed by atoms with Crippen LogP contribution in [0.5, 0.6) is 0 Å². The SMILES string of the molecule is [B][C@@H]1O[C@@]2(/C=C/P(=O)(OC)OC)C[C@](C)(P(OCCC#N)N(C(C)C)C(C)C)O[C@@H]1[C@@H]2O. The normalized spacial score (nSPS) is 34.0. The number of rotatable bonds is 11. The lowest BCUT2D eigenvalue weighted by Gasteiger charge is -2.51. The lowest BCUT2D eigenvalue weighted by atomic mass is 9.83. The number of aliphatic hydroxyl groups is 1. The Hall–Kier alpha value is -0.325. The van der Waals surface area contributed by atoms with Crippen LogP contribution in [-0.4, -0.2) is 79.7 Å². The molecule has 9 nitrogen and oxygen atoms in total. The maximum absolute atomic E-state index is 12.6. The molecule has 180 valence electrons. The van der Waals surface area contributed by atoms with E-state index in [1.165, 1.54) is 26.1 Å². The molecule has 6 atom stereocenters. The molecular weight excluding hydrogens is 453 g/mol. The maximum atomic E-state index is 12.6. The molecule has 2 aliphatic heterocycles. The number of hydrogen-bond acceptors (Lipinski definition) is 9. The van der Waals surface area contributed by atoms with Gasteiger partial charge in [0.2, 0.25) is 0 Å². The van der Waals surface area contributed by atoms with Crippen molar-refractivity contribution in [2.75, 3.05) is 20.8 Å². The fraction of sp³-hybridized carbons (Fsp3) is 0.850. The third kappa shape index (κ3) is 5.66. The van der Waals surface area contributed by atoms with Crippen LogP contribution in [-0.2, 0) is 27.6 Å². The molecule has 2 bridgehead atoms. The Morgan fingerprint density at radius 2 is 1.91 bits per heavy atom. The summed E-state index contributed by atoms with van der Waals surface area (Å²) in [6, 6.07) is 1.49. The summed E-state index contributed by atoms with van der Waals surface area (Å²) in [5, 5.41) is 19.1. The average molecular weight is 488 g/mol. The van der Waals surface area contributed by atoms with Gasteiger partial charge in [0.15, 0.2) is 0 Å². The number of aliphatic hydroxyl groups excluding tert-OH is 1. The standard InChI is InChI=1S/C20H35BN2O7P2/c1-14(2)23(15(3)4)31(28-11-8-10-22)19(5)13-20(9-12-32(25,26-6)27-7)17(24)16(29-19)18(21)30-20/h9,12,14-18,24H,8,11,13H2,1-7H3/b12-9+/t16-,17+,18-,19+,20+,31?/m1/s1. The van der Waals surface area contributed by atoms with E-state index < -0.39 is 45.0 Å². The molecule has 2 rings (SSSR count). The highest BCUT2D eigenvalue weighted by Gasteiger charge is 2.63. The van der Waals surface area contributed by atoms with Crippen LogP contribution in [0.25, 0.3) is 0 Å². The first-order valence-electron chi connectivity index (χ1n) is 10.7. The summed E-state index contributed by atoms with van der Waals surface area (Å²) >= 11 is 0. The number of nitriles is 1. The zero-order valence-corrected chi connectivity index (χ0v) is 21.7. The monoisotopic (exact) mass is 488 g/mol. The van der Waals surface area contributed by atoms with Crippen LogP contribution in [0.1, 0.15) is 47.5 Å². The zero-order chi connectivity index (χ0) is 24.3. The molecule has 0 saturated carbocycles. The first-order valence-corrected chi connectivity index (χ1v) is 13.5. The second-order valence-corrected chi connectivity index (χ2v) is 13.0. The van der Waals surface area contributed by atoms with E-state index in [1.807, 2.05) is 6.92 Å². The summed E-state index contributed by atoms with van der Waals surface area (Å²) in [6.07, 6.45) is 0.0739. The van der Waals surface area contributed by atoms with Gasteiger partial charge in [0, 0.05) is 44.5 Å². The summed E-state index contributed by atoms with van der Waals surface area (Å²) < 4.78 is 43.5. The van der Waals surface area contributed by atoms with Crippen molar-refractivity contribution in [2.45, 2.75) is 88.7 Å². The van der Waals surface area contributed by atoms with E-state index in [0.29, 0.717) is 0 Å². The molecule has 12 heteroatoms. The van der Waals surface area contributed by atoms with Crippen LogP contribution < -0.4 is 0 Å². The highest BCUT2D eigenvalue weighted by Crippen LogP contribution is 2.64. The summed E-state index contributed by atoms with van der Waals surface area (Å²) in [4.78, 5) is 0. The topological polar surface area (TPSA) is 110 Å². The van der Waals surface area contributed by atoms with E-state index in [2.05, 4.69) is 38.4 Å². The van der Waals surface area contributed by atoms with Crippen molar-refractivity contribution in [2.24, 2.45) is 0 Å². The second-order valence-electron chi connectivity index (χ2n) is 8.72. The van der Waals surface area contributed by atoms with Gasteiger partial charge in [-0.25, -0.2) is 0 Å². The Kier molecular flexibility index (Phi) is 9.55. The summed E-state index contributed by atoms with van der Waals surface area (Å²) in [5.41, 5.74) is -1.26. The molecule has 1 unspecified atom stereocenters. The van der Waals surface area contributed by atoms with E-state index in [1.54, 1.807) is 0 Å². The maximum Gasteiger partial charge on any atom is 0.353 e. The van der Waals surface area contributed by atoms with Gasteiger partial charge in [-0.3, -0.25) is 9.24 Å². The Morgan fingerprint density at radius 3 is 2.41 bits per heavy atom. The van der Waals surface area contributed by atoms with Crippen LogP contribution in [0.2, 0.25) is 0 Å². The van der Waals surface area contributed by atoms with Crippen LogP contribution in [0.4, 0.5) is 0 Å². The van der Waals surface area contributed by atoms with Gasteiger partial charge in [-0.1, -0.05) is 0 Å². The van der Waals surface area contributed by atoms with Crippen molar-refractivity contribution >= 4 is 23.7 Å². The van der Waals surface area contributed by atoms with Crippen molar-refractivity contribution in [3.63, 3.8) is 0 Å². The highest BCUT2D eigenvalue weighted by molar-refractivity contribution is 7.57. The predicted molar refractivity (Wildman–Crippen MR) is 123 cm³/mol. The second kappa shape index (κ2) is 10.9. The Balaban J connectivity index is 2.50. The molecule has 0 amide bonds. The number of hydrogen-bond donors (Lipinski definition) is 1. The Labute approximate surface area is 194 Å². The van der Waals surface area contributed by atoms with Gasteiger partial charge in [-0.05, 0) is 40.7 Å². The van der Waals surface area contributed by atoms with Gasteiger partial charge in [0.25, 0.3) is 0 Å². The van der Waals surface area contributed by atoms with Gasteiger partial charge in [-0.15, -0.1) is 0 Å². The van der Waals surface area contributed by atoms with Gasteiger partial charge in [-0.2, -0.15) is 5.26 Å². The Morgan fingerprint density at radius 1 is 1.31 bits per heavy atom. The first kappa shape index (κ1) is 27.9. The number of nitrogens with zero attached hydrogens (tertiary/aromatic N) is 2. The van der Waals surface area contributed by atoms with Gasteiger partial charge >= 0.3 is 7.60 Å².